The Kier molecular flexibility index (Phi) is 22.1. The van der Waals surface area contributed by atoms with E-state index in [0.29, 0.717) is 37.5 Å². The molecular weight excluding hydrogens is 601 g/mol. The highest BCUT2D eigenvalue weighted by molar-refractivity contribution is 5.22. The monoisotopic (exact) mass is 675 g/mol. The molecular formula is C40H73F3O4. The van der Waals surface area contributed by atoms with E-state index in [-0.39, 0.29) is 31.0 Å². The first-order chi connectivity index (χ1) is 21.3. The average molecular weight is 675 g/mol. The van der Waals surface area contributed by atoms with E-state index < -0.39 is 17.4 Å². The van der Waals surface area contributed by atoms with E-state index in [9.17, 15) is 28.5 Å². The highest BCUT2D eigenvalue weighted by Gasteiger charge is 2.53. The molecule has 0 heterocycles. The molecule has 0 radical (unpaired) electrons. The molecule has 47 heavy (non-hydrogen) atoms. The van der Waals surface area contributed by atoms with Gasteiger partial charge in [0, 0.05) is 13.0 Å². The third-order valence-corrected chi connectivity index (χ3v) is 10.4. The van der Waals surface area contributed by atoms with Gasteiger partial charge >= 0.3 is 6.18 Å². The SMILES string of the molecule is C.CC.CCCCC(C)(C)O.CC[C@H](O)C/C(=C/C=C1\CCCC2(C)C(CC[C@@H]2C(C)(CC)CC#CC(C)(O)C(F)(F)F)C1)CCO. The predicted octanol–water partition coefficient (Wildman–Crippen LogP) is 10.7. The van der Waals surface area contributed by atoms with E-state index in [1.165, 1.54) is 12.0 Å². The van der Waals surface area contributed by atoms with E-state index in [1.54, 1.807) is 0 Å². The molecule has 0 aromatic heterocycles. The first-order valence-electron chi connectivity index (χ1n) is 18.0. The Morgan fingerprint density at radius 3 is 2.15 bits per heavy atom. The van der Waals surface area contributed by atoms with E-state index in [0.717, 1.165) is 70.3 Å². The molecule has 2 aliphatic rings. The minimum absolute atomic E-state index is 0. The lowest BCUT2D eigenvalue weighted by molar-refractivity contribution is -0.228. The van der Waals surface area contributed by atoms with Crippen LogP contribution in [0.1, 0.15) is 167 Å². The molecule has 0 spiro atoms. The van der Waals surface area contributed by atoms with Crippen LogP contribution in [-0.2, 0) is 0 Å². The van der Waals surface area contributed by atoms with Crippen LogP contribution in [0.3, 0.4) is 0 Å². The van der Waals surface area contributed by atoms with Gasteiger partial charge in [-0.15, -0.1) is 0 Å². The van der Waals surface area contributed by atoms with Crippen LogP contribution in [0.5, 0.6) is 0 Å². The van der Waals surface area contributed by atoms with Crippen LogP contribution in [0.4, 0.5) is 13.2 Å². The minimum Gasteiger partial charge on any atom is -0.396 e. The van der Waals surface area contributed by atoms with E-state index in [1.807, 2.05) is 34.6 Å². The number of allylic oxidation sites excluding steroid dienone is 3. The summed E-state index contributed by atoms with van der Waals surface area (Å²) in [4.78, 5) is 0. The fourth-order valence-electron chi connectivity index (χ4n) is 7.11. The molecule has 7 heteroatoms. The number of hydrogen-bond acceptors (Lipinski definition) is 4. The molecule has 2 aliphatic carbocycles. The van der Waals surface area contributed by atoms with E-state index in [2.05, 4.69) is 51.7 Å². The Morgan fingerprint density at radius 2 is 1.68 bits per heavy atom. The van der Waals surface area contributed by atoms with Crippen LogP contribution in [0, 0.1) is 34.5 Å². The number of alkyl halides is 3. The molecule has 2 fully saturated rings. The van der Waals surface area contributed by atoms with Gasteiger partial charge in [0.2, 0.25) is 5.60 Å². The summed E-state index contributed by atoms with van der Waals surface area (Å²) >= 11 is 0. The molecule has 4 nitrogen and oxygen atoms in total. The third-order valence-electron chi connectivity index (χ3n) is 10.4. The number of hydrogen-bond donors (Lipinski definition) is 4. The van der Waals surface area contributed by atoms with Crippen LogP contribution in [0.25, 0.3) is 0 Å². The normalized spacial score (nSPS) is 25.6. The van der Waals surface area contributed by atoms with Gasteiger partial charge in [-0.1, -0.05) is 104 Å². The molecule has 0 aromatic rings. The Balaban J connectivity index is 0. The second-order valence-corrected chi connectivity index (χ2v) is 14.8. The summed E-state index contributed by atoms with van der Waals surface area (Å²) in [6, 6.07) is 0. The van der Waals surface area contributed by atoms with Crippen molar-refractivity contribution in [3.05, 3.63) is 23.3 Å². The van der Waals surface area contributed by atoms with Gasteiger partial charge in [-0.2, -0.15) is 13.2 Å². The quantitative estimate of drug-likeness (QED) is 0.155. The Morgan fingerprint density at radius 1 is 1.06 bits per heavy atom. The maximum absolute atomic E-state index is 13.0. The summed E-state index contributed by atoms with van der Waals surface area (Å²) in [5.41, 5.74) is -1.06. The summed E-state index contributed by atoms with van der Waals surface area (Å²) in [6.45, 7) is 19.2. The van der Waals surface area contributed by atoms with Crippen LogP contribution in [0.15, 0.2) is 23.3 Å². The third kappa shape index (κ3) is 15.8. The molecule has 0 aliphatic heterocycles. The lowest BCUT2D eigenvalue weighted by Gasteiger charge is -2.45. The lowest BCUT2D eigenvalue weighted by atomic mass is 9.59. The second kappa shape index (κ2) is 21.7. The van der Waals surface area contributed by atoms with Gasteiger partial charge in [-0.05, 0) is 114 Å². The molecule has 0 amide bonds. The number of rotatable bonds is 12. The van der Waals surface area contributed by atoms with Gasteiger partial charge < -0.3 is 20.4 Å². The average Bonchev–Trinajstić information content (AvgIpc) is 3.21. The van der Waals surface area contributed by atoms with Gasteiger partial charge in [0.05, 0.1) is 11.7 Å². The van der Waals surface area contributed by atoms with Crippen molar-refractivity contribution in [2.75, 3.05) is 6.61 Å². The van der Waals surface area contributed by atoms with Crippen molar-refractivity contribution in [3.63, 3.8) is 0 Å². The van der Waals surface area contributed by atoms with Crippen molar-refractivity contribution in [1.29, 1.82) is 0 Å². The van der Waals surface area contributed by atoms with E-state index in [4.69, 9.17) is 5.11 Å². The molecule has 4 N–H and O–H groups in total. The predicted molar refractivity (Wildman–Crippen MR) is 193 cm³/mol. The maximum atomic E-state index is 13.0. The summed E-state index contributed by atoms with van der Waals surface area (Å²) in [5.74, 6) is 5.71. The summed E-state index contributed by atoms with van der Waals surface area (Å²) in [6.07, 6.45) is 11.7. The number of unbranched alkanes of at least 4 members (excludes halogenated alkanes) is 1. The standard InChI is InChI=1S/C30H47F3O3.C7H16O.C2H6.CH4/c1-6-25(35)21-23(15-19-34)12-11-22-10-8-17-28(4)24(20-22)13-14-26(28)27(3,7-2)16-9-18-29(5,36)30(31,32)33;1-4-5-6-7(2,3)8;1-2;/h11-12,24-26,34-36H,6-8,10,13-17,19-21H2,1-5H3;8H,4-6H2,1-3H3;1-2H3;1H4/b22-11+,23-12+;;;/t24?,25-,26+,27?,28?,29?;;;/m0.../s1. The van der Waals surface area contributed by atoms with Crippen LogP contribution in [0.2, 0.25) is 0 Å². The number of aliphatic hydroxyl groups is 4. The highest BCUT2D eigenvalue weighted by atomic mass is 19.4. The summed E-state index contributed by atoms with van der Waals surface area (Å²) in [5, 5.41) is 38.3. The van der Waals surface area contributed by atoms with Crippen LogP contribution < -0.4 is 0 Å². The molecule has 4 unspecified atom stereocenters. The fraction of sp³-hybridized carbons (Fsp3) is 0.850. The molecule has 278 valence electrons. The van der Waals surface area contributed by atoms with Crippen molar-refractivity contribution in [3.8, 4) is 11.8 Å². The number of fused-ring (bicyclic) bond motifs is 1. The van der Waals surface area contributed by atoms with Crippen molar-refractivity contribution >= 4 is 0 Å². The van der Waals surface area contributed by atoms with Crippen molar-refractivity contribution in [1.82, 2.24) is 0 Å². The van der Waals surface area contributed by atoms with Gasteiger partial charge in [0.15, 0.2) is 0 Å². The van der Waals surface area contributed by atoms with Gasteiger partial charge in [-0.3, -0.25) is 0 Å². The van der Waals surface area contributed by atoms with Crippen molar-refractivity contribution < 1.29 is 33.6 Å². The molecule has 0 bridgehead atoms. The Bertz CT molecular complexity index is 982. The summed E-state index contributed by atoms with van der Waals surface area (Å²) < 4.78 is 39.1. The smallest absolute Gasteiger partial charge is 0.396 e. The van der Waals surface area contributed by atoms with Gasteiger partial charge in [-0.25, -0.2) is 0 Å². The number of halogens is 3. The largest absolute Gasteiger partial charge is 0.428 e. The maximum Gasteiger partial charge on any atom is 0.428 e. The molecule has 2 rings (SSSR count). The Labute approximate surface area is 287 Å². The van der Waals surface area contributed by atoms with Gasteiger partial charge in [0.25, 0.3) is 0 Å². The molecule has 0 aromatic carbocycles. The minimum atomic E-state index is -4.77. The Hall–Kier alpha value is -1.33. The fourth-order valence-corrected chi connectivity index (χ4v) is 7.11. The topological polar surface area (TPSA) is 80.9 Å². The van der Waals surface area contributed by atoms with Crippen LogP contribution in [-0.4, -0.2) is 50.5 Å². The zero-order chi connectivity index (χ0) is 35.8. The van der Waals surface area contributed by atoms with Gasteiger partial charge in [0.1, 0.15) is 0 Å². The molecule has 2 saturated carbocycles. The zero-order valence-corrected chi connectivity index (χ0v) is 30.9. The van der Waals surface area contributed by atoms with Crippen molar-refractivity contribution in [2.45, 2.75) is 190 Å². The lowest BCUT2D eigenvalue weighted by Crippen LogP contribution is -2.41. The number of aliphatic hydroxyl groups excluding tert-OH is 2. The summed E-state index contributed by atoms with van der Waals surface area (Å²) in [7, 11) is 0. The highest BCUT2D eigenvalue weighted by Crippen LogP contribution is 2.61. The molecule has 0 saturated heterocycles. The second-order valence-electron chi connectivity index (χ2n) is 14.8. The first-order valence-corrected chi connectivity index (χ1v) is 18.0. The molecule has 6 atom stereocenters. The van der Waals surface area contributed by atoms with Crippen molar-refractivity contribution in [2.24, 2.45) is 22.7 Å². The zero-order valence-electron chi connectivity index (χ0n) is 30.9. The van der Waals surface area contributed by atoms with Crippen LogP contribution >= 0.6 is 0 Å². The first kappa shape index (κ1) is 47.8. The van der Waals surface area contributed by atoms with E-state index >= 15 is 0 Å².